The molecular formula is C23H23ClN4O. The van der Waals surface area contributed by atoms with Crippen molar-refractivity contribution in [2.75, 3.05) is 41.3 Å². The smallest absolute Gasteiger partial charge is 0.228 e. The van der Waals surface area contributed by atoms with Crippen LogP contribution in [-0.2, 0) is 11.2 Å². The number of carbonyl (C=O) groups excluding carboxylic acids is 1. The minimum Gasteiger partial charge on any atom is -0.368 e. The van der Waals surface area contributed by atoms with Crippen LogP contribution in [0.4, 0.5) is 17.2 Å². The van der Waals surface area contributed by atoms with Crippen molar-refractivity contribution in [2.45, 2.75) is 6.42 Å². The average Bonchev–Trinajstić information content (AvgIpc) is 2.77. The number of anilines is 3. The van der Waals surface area contributed by atoms with Crippen LogP contribution in [0, 0.1) is 0 Å². The van der Waals surface area contributed by atoms with Crippen LogP contribution in [0.3, 0.4) is 0 Å². The Morgan fingerprint density at radius 1 is 0.897 bits per heavy atom. The number of hydrogen-bond acceptors (Lipinski definition) is 4. The van der Waals surface area contributed by atoms with Gasteiger partial charge >= 0.3 is 0 Å². The molecule has 3 aromatic rings. The normalized spacial score (nSPS) is 14.0. The van der Waals surface area contributed by atoms with E-state index < -0.39 is 0 Å². The van der Waals surface area contributed by atoms with Crippen LogP contribution in [-0.4, -0.2) is 37.1 Å². The number of carbonyl (C=O) groups is 1. The van der Waals surface area contributed by atoms with E-state index in [2.05, 4.69) is 44.4 Å². The van der Waals surface area contributed by atoms with E-state index in [0.717, 1.165) is 37.6 Å². The van der Waals surface area contributed by atoms with Crippen molar-refractivity contribution < 1.29 is 4.79 Å². The number of nitrogens with zero attached hydrogens (tertiary/aromatic N) is 3. The summed E-state index contributed by atoms with van der Waals surface area (Å²) in [6.45, 7) is 3.77. The number of amides is 1. The first-order valence-electron chi connectivity index (χ1n) is 9.73. The fraction of sp³-hybridized carbons (Fsp3) is 0.217. The molecule has 0 unspecified atom stereocenters. The molecule has 1 aromatic heterocycles. The monoisotopic (exact) mass is 406 g/mol. The van der Waals surface area contributed by atoms with Crippen LogP contribution in [0.2, 0.25) is 5.02 Å². The van der Waals surface area contributed by atoms with Gasteiger partial charge in [-0.15, -0.1) is 0 Å². The Morgan fingerprint density at radius 2 is 1.59 bits per heavy atom. The first-order chi connectivity index (χ1) is 14.2. The minimum atomic E-state index is -0.0710. The van der Waals surface area contributed by atoms with Gasteiger partial charge in [-0.3, -0.25) is 4.79 Å². The first kappa shape index (κ1) is 19.3. The molecule has 0 atom stereocenters. The lowest BCUT2D eigenvalue weighted by molar-refractivity contribution is -0.115. The zero-order valence-corrected chi connectivity index (χ0v) is 16.8. The van der Waals surface area contributed by atoms with Crippen LogP contribution < -0.4 is 15.1 Å². The van der Waals surface area contributed by atoms with Gasteiger partial charge in [-0.2, -0.15) is 0 Å². The summed E-state index contributed by atoms with van der Waals surface area (Å²) in [4.78, 5) is 21.5. The SMILES string of the molecule is O=C(Cc1ccc(Cl)cc1)Nc1ccc(N2CCN(c3ccccc3)CC2)nc1. The second-order valence-corrected chi connectivity index (χ2v) is 7.50. The molecule has 29 heavy (non-hydrogen) atoms. The maximum atomic E-state index is 12.2. The highest BCUT2D eigenvalue weighted by molar-refractivity contribution is 6.30. The summed E-state index contributed by atoms with van der Waals surface area (Å²) in [6.07, 6.45) is 2.03. The van der Waals surface area contributed by atoms with E-state index in [0.29, 0.717) is 17.1 Å². The van der Waals surface area contributed by atoms with Gasteiger partial charge in [0.05, 0.1) is 18.3 Å². The second-order valence-electron chi connectivity index (χ2n) is 7.07. The molecule has 1 N–H and O–H groups in total. The van der Waals surface area contributed by atoms with Gasteiger partial charge in [-0.05, 0) is 42.0 Å². The Hall–Kier alpha value is -3.05. The largest absolute Gasteiger partial charge is 0.368 e. The van der Waals surface area contributed by atoms with Gasteiger partial charge in [0.2, 0.25) is 5.91 Å². The van der Waals surface area contributed by atoms with Gasteiger partial charge in [0, 0.05) is 36.9 Å². The number of aromatic nitrogens is 1. The van der Waals surface area contributed by atoms with Crippen LogP contribution in [0.5, 0.6) is 0 Å². The van der Waals surface area contributed by atoms with Gasteiger partial charge in [0.15, 0.2) is 0 Å². The Balaban J connectivity index is 1.30. The molecule has 0 spiro atoms. The van der Waals surface area contributed by atoms with Crippen LogP contribution in [0.25, 0.3) is 0 Å². The Bertz CT molecular complexity index is 937. The van der Waals surface area contributed by atoms with Crippen molar-refractivity contribution in [3.05, 3.63) is 83.5 Å². The Kier molecular flexibility index (Phi) is 5.96. The van der Waals surface area contributed by atoms with Crippen LogP contribution in [0.15, 0.2) is 72.9 Å². The second kappa shape index (κ2) is 8.97. The van der Waals surface area contributed by atoms with E-state index in [1.807, 2.05) is 30.3 Å². The van der Waals surface area contributed by atoms with Crippen molar-refractivity contribution >= 4 is 34.7 Å². The van der Waals surface area contributed by atoms with Gasteiger partial charge in [0.25, 0.3) is 0 Å². The van der Waals surface area contributed by atoms with Crippen LogP contribution >= 0.6 is 11.6 Å². The molecule has 6 heteroatoms. The van der Waals surface area contributed by atoms with E-state index in [1.54, 1.807) is 18.3 Å². The number of benzene rings is 2. The summed E-state index contributed by atoms with van der Waals surface area (Å²) in [5, 5.41) is 3.57. The minimum absolute atomic E-state index is 0.0710. The number of hydrogen-bond donors (Lipinski definition) is 1. The molecule has 1 aliphatic heterocycles. The van der Waals surface area contributed by atoms with Gasteiger partial charge < -0.3 is 15.1 Å². The highest BCUT2D eigenvalue weighted by atomic mass is 35.5. The summed E-state index contributed by atoms with van der Waals surface area (Å²) in [7, 11) is 0. The third-order valence-corrected chi connectivity index (χ3v) is 5.29. The predicted molar refractivity (Wildman–Crippen MR) is 119 cm³/mol. The number of halogens is 1. The third kappa shape index (κ3) is 5.06. The molecule has 4 rings (SSSR count). The summed E-state index contributed by atoms with van der Waals surface area (Å²) in [5.41, 5.74) is 2.89. The van der Waals surface area contributed by atoms with Gasteiger partial charge in [0.1, 0.15) is 5.82 Å². The topological polar surface area (TPSA) is 48.5 Å². The number of rotatable bonds is 5. The summed E-state index contributed by atoms with van der Waals surface area (Å²) in [5.74, 6) is 0.867. The van der Waals surface area contributed by atoms with Crippen LogP contribution in [0.1, 0.15) is 5.56 Å². The van der Waals surface area contributed by atoms with Gasteiger partial charge in [-0.1, -0.05) is 41.9 Å². The highest BCUT2D eigenvalue weighted by Gasteiger charge is 2.18. The van der Waals surface area contributed by atoms with E-state index in [4.69, 9.17) is 11.6 Å². The predicted octanol–water partition coefficient (Wildman–Crippen LogP) is 4.24. The number of piperazine rings is 1. The molecular weight excluding hydrogens is 384 g/mol. The molecule has 0 bridgehead atoms. The maximum Gasteiger partial charge on any atom is 0.228 e. The zero-order valence-electron chi connectivity index (χ0n) is 16.1. The first-order valence-corrected chi connectivity index (χ1v) is 10.1. The van der Waals surface area contributed by atoms with E-state index in [-0.39, 0.29) is 5.91 Å². The number of pyridine rings is 1. The maximum absolute atomic E-state index is 12.2. The lowest BCUT2D eigenvalue weighted by Gasteiger charge is -2.36. The van der Waals surface area contributed by atoms with Crippen molar-refractivity contribution in [1.82, 2.24) is 4.98 Å². The molecule has 148 valence electrons. The molecule has 2 aromatic carbocycles. The molecule has 2 heterocycles. The van der Waals surface area contributed by atoms with Crippen molar-refractivity contribution in [3.63, 3.8) is 0 Å². The fourth-order valence-corrected chi connectivity index (χ4v) is 3.60. The molecule has 1 aliphatic rings. The fourth-order valence-electron chi connectivity index (χ4n) is 3.47. The molecule has 0 radical (unpaired) electrons. The Labute approximate surface area is 175 Å². The lowest BCUT2D eigenvalue weighted by atomic mass is 10.1. The van der Waals surface area contributed by atoms with E-state index in [1.165, 1.54) is 5.69 Å². The van der Waals surface area contributed by atoms with E-state index in [9.17, 15) is 4.79 Å². The molecule has 0 aliphatic carbocycles. The Morgan fingerprint density at radius 3 is 2.24 bits per heavy atom. The summed E-state index contributed by atoms with van der Waals surface area (Å²) >= 11 is 5.88. The average molecular weight is 407 g/mol. The molecule has 1 saturated heterocycles. The molecule has 0 saturated carbocycles. The highest BCUT2D eigenvalue weighted by Crippen LogP contribution is 2.20. The summed E-state index contributed by atoms with van der Waals surface area (Å²) < 4.78 is 0. The molecule has 5 nitrogen and oxygen atoms in total. The van der Waals surface area contributed by atoms with Crippen molar-refractivity contribution in [1.29, 1.82) is 0 Å². The van der Waals surface area contributed by atoms with Crippen molar-refractivity contribution in [2.24, 2.45) is 0 Å². The third-order valence-electron chi connectivity index (χ3n) is 5.03. The summed E-state index contributed by atoms with van der Waals surface area (Å²) in [6, 6.07) is 21.7. The standard InChI is InChI=1S/C23H23ClN4O/c24-19-8-6-18(7-9-19)16-23(29)26-20-10-11-22(25-17-20)28-14-12-27(13-15-28)21-4-2-1-3-5-21/h1-11,17H,12-16H2,(H,26,29). The van der Waals surface area contributed by atoms with Gasteiger partial charge in [-0.25, -0.2) is 4.98 Å². The van der Waals surface area contributed by atoms with E-state index >= 15 is 0 Å². The molecule has 1 amide bonds. The zero-order chi connectivity index (χ0) is 20.1. The van der Waals surface area contributed by atoms with Crippen molar-refractivity contribution in [3.8, 4) is 0 Å². The number of nitrogens with one attached hydrogen (secondary N) is 1. The lowest BCUT2D eigenvalue weighted by Crippen LogP contribution is -2.46. The number of para-hydroxylation sites is 1. The quantitative estimate of drug-likeness (QED) is 0.688. The molecule has 1 fully saturated rings.